The molecule has 0 bridgehead atoms. The third-order valence-corrected chi connectivity index (χ3v) is 7.70. The molecular weight excluding hydrogens is 314 g/mol. The first-order valence-electron chi connectivity index (χ1n) is 9.89. The normalized spacial score (nSPS) is 15.5. The van der Waals surface area contributed by atoms with E-state index in [2.05, 4.69) is 103 Å². The van der Waals surface area contributed by atoms with Crippen LogP contribution in [0.15, 0.2) is 54.7 Å². The monoisotopic (exact) mass is 351 g/mol. The molecule has 0 aliphatic heterocycles. The maximum atomic E-state index is 4.57. The molecule has 0 radical (unpaired) electrons. The summed E-state index contributed by atoms with van der Waals surface area (Å²) in [6, 6.07) is 17.2. The molecule has 26 heavy (non-hydrogen) atoms. The Morgan fingerprint density at radius 2 is 1.31 bits per heavy atom. The molecule has 0 fully saturated rings. The minimum atomic E-state index is 0.0560. The number of rotatable bonds is 6. The number of nitrogens with zero attached hydrogens (tertiary/aromatic N) is 1. The van der Waals surface area contributed by atoms with Crippen LogP contribution in [0.3, 0.4) is 0 Å². The smallest absolute Gasteiger partial charge is 0.0403 e. The third kappa shape index (κ3) is 3.59. The van der Waals surface area contributed by atoms with Crippen LogP contribution in [-0.4, -0.2) is 4.98 Å². The number of hydrogen-bond acceptors (Lipinski definition) is 1. The van der Waals surface area contributed by atoms with Crippen LogP contribution in [0.1, 0.15) is 73.1 Å². The number of hydrogen-bond donors (Lipinski definition) is 0. The molecule has 0 saturated heterocycles. The molecular formula is C25H37N. The SMILES string of the molecule is CC(C)(C)C(C)(CCc1ccccn1)C(C)(C)C(C)(C)c1ccccc1. The van der Waals surface area contributed by atoms with E-state index in [1.54, 1.807) is 0 Å². The van der Waals surface area contributed by atoms with Gasteiger partial charge in [0.15, 0.2) is 0 Å². The fraction of sp³-hybridized carbons (Fsp3) is 0.560. The Labute approximate surface area is 161 Å². The minimum absolute atomic E-state index is 0.0560. The average Bonchev–Trinajstić information content (AvgIpc) is 2.60. The first-order chi connectivity index (χ1) is 11.9. The Balaban J connectivity index is 2.44. The lowest BCUT2D eigenvalue weighted by Gasteiger charge is -2.60. The van der Waals surface area contributed by atoms with Crippen LogP contribution >= 0.6 is 0 Å². The lowest BCUT2D eigenvalue weighted by molar-refractivity contribution is -0.0760. The molecule has 1 nitrogen and oxygen atoms in total. The van der Waals surface area contributed by atoms with Gasteiger partial charge >= 0.3 is 0 Å². The van der Waals surface area contributed by atoms with Crippen molar-refractivity contribution in [2.75, 3.05) is 0 Å². The van der Waals surface area contributed by atoms with Crippen molar-refractivity contribution in [3.8, 4) is 0 Å². The van der Waals surface area contributed by atoms with E-state index >= 15 is 0 Å². The molecule has 2 aromatic rings. The molecule has 1 heterocycles. The van der Waals surface area contributed by atoms with Crippen LogP contribution in [0.25, 0.3) is 0 Å². The maximum Gasteiger partial charge on any atom is 0.0403 e. The molecule has 1 unspecified atom stereocenters. The van der Waals surface area contributed by atoms with E-state index in [1.807, 2.05) is 12.3 Å². The van der Waals surface area contributed by atoms with Crippen LogP contribution < -0.4 is 0 Å². The van der Waals surface area contributed by atoms with Gasteiger partial charge < -0.3 is 0 Å². The topological polar surface area (TPSA) is 12.9 Å². The molecule has 142 valence electrons. The zero-order valence-corrected chi connectivity index (χ0v) is 18.1. The number of pyridine rings is 1. The Morgan fingerprint density at radius 3 is 1.81 bits per heavy atom. The Bertz CT molecular complexity index is 692. The molecule has 2 rings (SSSR count). The molecule has 0 spiro atoms. The summed E-state index contributed by atoms with van der Waals surface area (Å²) in [5.41, 5.74) is 3.07. The summed E-state index contributed by atoms with van der Waals surface area (Å²) in [5.74, 6) is 0. The van der Waals surface area contributed by atoms with Crippen LogP contribution in [0.4, 0.5) is 0 Å². The van der Waals surface area contributed by atoms with Gasteiger partial charge in [-0.15, -0.1) is 0 Å². The van der Waals surface area contributed by atoms with Crippen molar-refractivity contribution in [2.24, 2.45) is 16.2 Å². The van der Waals surface area contributed by atoms with Gasteiger partial charge in [-0.05, 0) is 52.2 Å². The summed E-state index contributed by atoms with van der Waals surface area (Å²) in [6.45, 7) is 19.4. The summed E-state index contributed by atoms with van der Waals surface area (Å²) in [5, 5.41) is 0. The second-order valence-corrected chi connectivity index (χ2v) is 10.0. The van der Waals surface area contributed by atoms with E-state index < -0.39 is 0 Å². The van der Waals surface area contributed by atoms with Gasteiger partial charge in [0.25, 0.3) is 0 Å². The van der Waals surface area contributed by atoms with Gasteiger partial charge in [-0.3, -0.25) is 4.98 Å². The second kappa shape index (κ2) is 7.18. The summed E-state index contributed by atoms with van der Waals surface area (Å²) in [4.78, 5) is 4.57. The highest BCUT2D eigenvalue weighted by Gasteiger charge is 2.55. The first-order valence-corrected chi connectivity index (χ1v) is 9.89. The maximum absolute atomic E-state index is 4.57. The van der Waals surface area contributed by atoms with E-state index in [0.717, 1.165) is 12.8 Å². The van der Waals surface area contributed by atoms with Crippen LogP contribution in [-0.2, 0) is 11.8 Å². The largest absolute Gasteiger partial charge is 0.261 e. The Kier molecular flexibility index (Phi) is 5.71. The van der Waals surface area contributed by atoms with E-state index in [-0.39, 0.29) is 21.7 Å². The summed E-state index contributed by atoms with van der Waals surface area (Å²) in [6.07, 6.45) is 4.04. The zero-order valence-electron chi connectivity index (χ0n) is 18.1. The molecule has 1 aromatic heterocycles. The van der Waals surface area contributed by atoms with Gasteiger partial charge in [0.2, 0.25) is 0 Å². The van der Waals surface area contributed by atoms with Crippen LogP contribution in [0.2, 0.25) is 0 Å². The summed E-state index contributed by atoms with van der Waals surface area (Å²) in [7, 11) is 0. The van der Waals surface area contributed by atoms with E-state index in [9.17, 15) is 0 Å². The van der Waals surface area contributed by atoms with Crippen LogP contribution in [0, 0.1) is 16.2 Å². The summed E-state index contributed by atoms with van der Waals surface area (Å²) < 4.78 is 0. The van der Waals surface area contributed by atoms with Crippen molar-refractivity contribution in [2.45, 2.75) is 73.6 Å². The third-order valence-electron chi connectivity index (χ3n) is 7.70. The van der Waals surface area contributed by atoms with Crippen LogP contribution in [0.5, 0.6) is 0 Å². The fourth-order valence-electron chi connectivity index (χ4n) is 4.45. The zero-order chi connectivity index (χ0) is 19.6. The lowest BCUT2D eigenvalue weighted by atomic mass is 9.44. The van der Waals surface area contributed by atoms with E-state index in [1.165, 1.54) is 11.3 Å². The van der Waals surface area contributed by atoms with Crippen molar-refractivity contribution in [3.05, 3.63) is 66.0 Å². The predicted octanol–water partition coefficient (Wildman–Crippen LogP) is 7.07. The van der Waals surface area contributed by atoms with Crippen molar-refractivity contribution in [1.29, 1.82) is 0 Å². The quantitative estimate of drug-likeness (QED) is 0.542. The van der Waals surface area contributed by atoms with E-state index in [0.29, 0.717) is 0 Å². The van der Waals surface area contributed by atoms with Gasteiger partial charge in [-0.1, -0.05) is 91.8 Å². The molecule has 1 heteroatoms. The highest BCUT2D eigenvalue weighted by Crippen LogP contribution is 2.61. The van der Waals surface area contributed by atoms with Crippen molar-refractivity contribution >= 4 is 0 Å². The molecule has 1 aromatic carbocycles. The second-order valence-electron chi connectivity index (χ2n) is 10.0. The average molecular weight is 352 g/mol. The number of benzene rings is 1. The van der Waals surface area contributed by atoms with E-state index in [4.69, 9.17) is 0 Å². The molecule has 0 aliphatic rings. The van der Waals surface area contributed by atoms with Gasteiger partial charge in [0.05, 0.1) is 0 Å². The first kappa shape index (κ1) is 20.7. The van der Waals surface area contributed by atoms with Gasteiger partial charge in [0, 0.05) is 11.9 Å². The number of aromatic nitrogens is 1. The highest BCUT2D eigenvalue weighted by atomic mass is 14.7. The van der Waals surface area contributed by atoms with Crippen molar-refractivity contribution in [1.82, 2.24) is 4.98 Å². The molecule has 0 aliphatic carbocycles. The highest BCUT2D eigenvalue weighted by molar-refractivity contribution is 5.28. The van der Waals surface area contributed by atoms with Gasteiger partial charge in [-0.2, -0.15) is 0 Å². The molecule has 0 N–H and O–H groups in total. The van der Waals surface area contributed by atoms with Gasteiger partial charge in [0.1, 0.15) is 0 Å². The lowest BCUT2D eigenvalue weighted by Crippen LogP contribution is -2.54. The molecule has 1 atom stereocenters. The Hall–Kier alpha value is -1.63. The molecule has 0 amide bonds. The minimum Gasteiger partial charge on any atom is -0.261 e. The van der Waals surface area contributed by atoms with Gasteiger partial charge in [-0.25, -0.2) is 0 Å². The molecule has 0 saturated carbocycles. The predicted molar refractivity (Wildman–Crippen MR) is 113 cm³/mol. The Morgan fingerprint density at radius 1 is 0.731 bits per heavy atom. The standard InChI is InChI=1S/C25H37N/c1-22(2,3)25(8,18-17-21-16-12-13-19-26-21)24(6,7)23(4,5)20-14-10-9-11-15-20/h9-16,19H,17-18H2,1-8H3. The summed E-state index contributed by atoms with van der Waals surface area (Å²) >= 11 is 0. The number of aryl methyl sites for hydroxylation is 1. The van der Waals surface area contributed by atoms with Crippen molar-refractivity contribution in [3.63, 3.8) is 0 Å². The van der Waals surface area contributed by atoms with Crippen molar-refractivity contribution < 1.29 is 0 Å². The fourth-order valence-corrected chi connectivity index (χ4v) is 4.45.